The summed E-state index contributed by atoms with van der Waals surface area (Å²) in [7, 11) is 1.62. The molecule has 0 aliphatic rings. The molecule has 0 aliphatic carbocycles. The first kappa shape index (κ1) is 15.5. The molecule has 0 spiro atoms. The van der Waals surface area contributed by atoms with Crippen molar-refractivity contribution in [3.05, 3.63) is 54.9 Å². The van der Waals surface area contributed by atoms with Crippen LogP contribution in [-0.4, -0.2) is 33.2 Å². The Labute approximate surface area is 138 Å². The SMILES string of the molecule is COc1ccc(Nc2ccccc2NC(=O)Cn2cnnn2)cc1. The first-order valence-electron chi connectivity index (χ1n) is 7.25. The molecule has 122 valence electrons. The summed E-state index contributed by atoms with van der Waals surface area (Å²) in [6, 6.07) is 15.0. The largest absolute Gasteiger partial charge is 0.497 e. The van der Waals surface area contributed by atoms with E-state index >= 15 is 0 Å². The van der Waals surface area contributed by atoms with Crippen LogP contribution in [0.1, 0.15) is 0 Å². The molecule has 1 amide bonds. The summed E-state index contributed by atoms with van der Waals surface area (Å²) >= 11 is 0. The maximum Gasteiger partial charge on any atom is 0.246 e. The number of carbonyl (C=O) groups is 1. The molecule has 1 aromatic heterocycles. The number of para-hydroxylation sites is 2. The van der Waals surface area contributed by atoms with Gasteiger partial charge in [0.25, 0.3) is 0 Å². The zero-order chi connectivity index (χ0) is 16.8. The van der Waals surface area contributed by atoms with E-state index in [1.807, 2.05) is 48.5 Å². The summed E-state index contributed by atoms with van der Waals surface area (Å²) in [6.07, 6.45) is 1.39. The van der Waals surface area contributed by atoms with Crippen LogP contribution < -0.4 is 15.4 Å². The van der Waals surface area contributed by atoms with Gasteiger partial charge in [0.05, 0.1) is 18.5 Å². The summed E-state index contributed by atoms with van der Waals surface area (Å²) in [4.78, 5) is 12.1. The second-order valence-corrected chi connectivity index (χ2v) is 4.95. The van der Waals surface area contributed by atoms with E-state index in [9.17, 15) is 4.79 Å². The highest BCUT2D eigenvalue weighted by Gasteiger charge is 2.08. The van der Waals surface area contributed by atoms with E-state index in [-0.39, 0.29) is 12.5 Å². The molecule has 0 saturated carbocycles. The third-order valence-electron chi connectivity index (χ3n) is 3.27. The van der Waals surface area contributed by atoms with E-state index in [0.717, 1.165) is 17.1 Å². The number of methoxy groups -OCH3 is 1. The van der Waals surface area contributed by atoms with Crippen molar-refractivity contribution in [2.45, 2.75) is 6.54 Å². The predicted molar refractivity (Wildman–Crippen MR) is 89.2 cm³/mol. The van der Waals surface area contributed by atoms with Crippen LogP contribution in [0.4, 0.5) is 17.1 Å². The Bertz CT molecular complexity index is 802. The number of rotatable bonds is 6. The van der Waals surface area contributed by atoms with Crippen molar-refractivity contribution in [2.75, 3.05) is 17.7 Å². The molecular weight excluding hydrogens is 308 g/mol. The van der Waals surface area contributed by atoms with Crippen molar-refractivity contribution in [3.8, 4) is 5.75 Å². The fraction of sp³-hybridized carbons (Fsp3) is 0.125. The van der Waals surface area contributed by atoms with Crippen LogP contribution in [-0.2, 0) is 11.3 Å². The van der Waals surface area contributed by atoms with Gasteiger partial charge in [-0.25, -0.2) is 4.68 Å². The molecule has 0 radical (unpaired) electrons. The Morgan fingerprint density at radius 1 is 1.12 bits per heavy atom. The Balaban J connectivity index is 1.71. The van der Waals surface area contributed by atoms with Crippen LogP contribution >= 0.6 is 0 Å². The van der Waals surface area contributed by atoms with E-state index in [1.165, 1.54) is 11.0 Å². The number of nitrogens with zero attached hydrogens (tertiary/aromatic N) is 4. The van der Waals surface area contributed by atoms with Gasteiger partial charge >= 0.3 is 0 Å². The average Bonchev–Trinajstić information content (AvgIpc) is 3.10. The molecule has 2 N–H and O–H groups in total. The minimum atomic E-state index is -0.216. The molecular formula is C16H16N6O2. The number of hydrogen-bond acceptors (Lipinski definition) is 6. The van der Waals surface area contributed by atoms with Crippen LogP contribution in [0.25, 0.3) is 0 Å². The molecule has 0 fully saturated rings. The fourth-order valence-corrected chi connectivity index (χ4v) is 2.12. The van der Waals surface area contributed by atoms with Gasteiger partial charge in [0.2, 0.25) is 5.91 Å². The van der Waals surface area contributed by atoms with Crippen LogP contribution in [0, 0.1) is 0 Å². The lowest BCUT2D eigenvalue weighted by molar-refractivity contribution is -0.116. The van der Waals surface area contributed by atoms with Gasteiger partial charge in [0.1, 0.15) is 18.6 Å². The third-order valence-corrected chi connectivity index (χ3v) is 3.27. The molecule has 0 bridgehead atoms. The minimum absolute atomic E-state index is 0.0455. The van der Waals surface area contributed by atoms with Gasteiger partial charge < -0.3 is 15.4 Å². The first-order valence-corrected chi connectivity index (χ1v) is 7.25. The summed E-state index contributed by atoms with van der Waals surface area (Å²) in [5.41, 5.74) is 2.34. The molecule has 0 unspecified atom stereocenters. The van der Waals surface area contributed by atoms with Crippen LogP contribution in [0.3, 0.4) is 0 Å². The zero-order valence-corrected chi connectivity index (χ0v) is 13.0. The van der Waals surface area contributed by atoms with Crippen LogP contribution in [0.2, 0.25) is 0 Å². The number of carbonyl (C=O) groups excluding carboxylic acids is 1. The number of ether oxygens (including phenoxy) is 1. The molecule has 0 aliphatic heterocycles. The molecule has 2 aromatic carbocycles. The lowest BCUT2D eigenvalue weighted by Crippen LogP contribution is -2.19. The maximum atomic E-state index is 12.1. The van der Waals surface area contributed by atoms with Gasteiger partial charge in [-0.1, -0.05) is 12.1 Å². The topological polar surface area (TPSA) is 94.0 Å². The van der Waals surface area contributed by atoms with Crippen LogP contribution in [0.5, 0.6) is 5.75 Å². The minimum Gasteiger partial charge on any atom is -0.497 e. The number of hydrogen-bond donors (Lipinski definition) is 2. The van der Waals surface area contributed by atoms with Gasteiger partial charge in [0.15, 0.2) is 0 Å². The normalized spacial score (nSPS) is 10.2. The van der Waals surface area contributed by atoms with Crippen LogP contribution in [0.15, 0.2) is 54.9 Å². The number of benzene rings is 2. The molecule has 0 saturated heterocycles. The van der Waals surface area contributed by atoms with Crippen molar-refractivity contribution in [1.82, 2.24) is 20.2 Å². The van der Waals surface area contributed by atoms with Gasteiger partial charge in [-0.05, 0) is 46.8 Å². The van der Waals surface area contributed by atoms with E-state index < -0.39 is 0 Å². The molecule has 1 heterocycles. The summed E-state index contributed by atoms with van der Waals surface area (Å²) < 4.78 is 6.50. The molecule has 3 rings (SSSR count). The smallest absolute Gasteiger partial charge is 0.246 e. The summed E-state index contributed by atoms with van der Waals surface area (Å²) in [6.45, 7) is 0.0455. The number of amides is 1. The lowest BCUT2D eigenvalue weighted by atomic mass is 10.2. The fourth-order valence-electron chi connectivity index (χ4n) is 2.12. The second-order valence-electron chi connectivity index (χ2n) is 4.95. The highest BCUT2D eigenvalue weighted by Crippen LogP contribution is 2.26. The number of tetrazole rings is 1. The van der Waals surface area contributed by atoms with E-state index in [0.29, 0.717) is 5.69 Å². The summed E-state index contributed by atoms with van der Waals surface area (Å²) in [5.74, 6) is 0.565. The monoisotopic (exact) mass is 324 g/mol. The van der Waals surface area contributed by atoms with Gasteiger partial charge in [-0.15, -0.1) is 5.10 Å². The highest BCUT2D eigenvalue weighted by atomic mass is 16.5. The third kappa shape index (κ3) is 3.86. The Morgan fingerprint density at radius 2 is 1.88 bits per heavy atom. The molecule has 3 aromatic rings. The molecule has 24 heavy (non-hydrogen) atoms. The van der Waals surface area contributed by atoms with Crippen molar-refractivity contribution >= 4 is 23.0 Å². The van der Waals surface area contributed by atoms with Crippen molar-refractivity contribution in [1.29, 1.82) is 0 Å². The number of nitrogens with one attached hydrogen (secondary N) is 2. The number of anilines is 3. The second kappa shape index (κ2) is 7.23. The van der Waals surface area contributed by atoms with Gasteiger partial charge in [0, 0.05) is 5.69 Å². The first-order chi connectivity index (χ1) is 11.7. The van der Waals surface area contributed by atoms with E-state index in [1.54, 1.807) is 7.11 Å². The van der Waals surface area contributed by atoms with Gasteiger partial charge in [-0.3, -0.25) is 4.79 Å². The van der Waals surface area contributed by atoms with Crippen molar-refractivity contribution in [3.63, 3.8) is 0 Å². The standard InChI is InChI=1S/C16H16N6O2/c1-24-13-8-6-12(7-9-13)18-14-4-2-3-5-15(14)19-16(23)10-22-11-17-20-21-22/h2-9,11,18H,10H2,1H3,(H,19,23). The van der Waals surface area contributed by atoms with Crippen molar-refractivity contribution in [2.24, 2.45) is 0 Å². The van der Waals surface area contributed by atoms with E-state index in [2.05, 4.69) is 26.2 Å². The maximum absolute atomic E-state index is 12.1. The Morgan fingerprint density at radius 3 is 2.54 bits per heavy atom. The number of aromatic nitrogens is 4. The van der Waals surface area contributed by atoms with Gasteiger partial charge in [-0.2, -0.15) is 0 Å². The zero-order valence-electron chi connectivity index (χ0n) is 13.0. The quantitative estimate of drug-likeness (QED) is 0.721. The van der Waals surface area contributed by atoms with Crippen molar-refractivity contribution < 1.29 is 9.53 Å². The lowest BCUT2D eigenvalue weighted by Gasteiger charge is -2.13. The highest BCUT2D eigenvalue weighted by molar-refractivity contribution is 5.94. The Hall–Kier alpha value is -3.42. The Kier molecular flexibility index (Phi) is 4.66. The molecule has 8 heteroatoms. The summed E-state index contributed by atoms with van der Waals surface area (Å²) in [5, 5.41) is 16.8. The average molecular weight is 324 g/mol. The molecule has 0 atom stereocenters. The van der Waals surface area contributed by atoms with E-state index in [4.69, 9.17) is 4.74 Å². The molecule has 8 nitrogen and oxygen atoms in total. The predicted octanol–water partition coefficient (Wildman–Crippen LogP) is 2.06.